The van der Waals surface area contributed by atoms with Gasteiger partial charge in [-0.15, -0.1) is 0 Å². The van der Waals surface area contributed by atoms with Gasteiger partial charge in [-0.1, -0.05) is 52.8 Å². The number of morpholine rings is 1. The lowest BCUT2D eigenvalue weighted by atomic mass is 9.72. The number of esters is 1. The molecule has 1 heterocycles. The van der Waals surface area contributed by atoms with Gasteiger partial charge in [0.2, 0.25) is 0 Å². The average molecular weight is 509 g/mol. The Morgan fingerprint density at radius 3 is 2.41 bits per heavy atom. The van der Waals surface area contributed by atoms with Gasteiger partial charge >= 0.3 is 5.97 Å². The summed E-state index contributed by atoms with van der Waals surface area (Å²) in [6, 6.07) is 14.7. The van der Waals surface area contributed by atoms with E-state index in [-0.39, 0.29) is 16.7 Å². The minimum Gasteiger partial charge on any atom is -0.465 e. The van der Waals surface area contributed by atoms with E-state index in [1.807, 2.05) is 12.1 Å². The minimum atomic E-state index is -0.419. The Hall–Kier alpha value is -3.16. The van der Waals surface area contributed by atoms with Crippen molar-refractivity contribution in [2.45, 2.75) is 46.5 Å². The summed E-state index contributed by atoms with van der Waals surface area (Å²) in [6.07, 6.45) is 3.73. The molecule has 0 radical (unpaired) electrons. The van der Waals surface area contributed by atoms with Crippen LogP contribution in [0.5, 0.6) is 5.75 Å². The summed E-state index contributed by atoms with van der Waals surface area (Å²) in [5.74, 6) is -0.126. The van der Waals surface area contributed by atoms with Gasteiger partial charge in [0, 0.05) is 31.4 Å². The van der Waals surface area contributed by atoms with E-state index in [9.17, 15) is 9.59 Å². The van der Waals surface area contributed by atoms with E-state index in [1.165, 1.54) is 17.9 Å². The van der Waals surface area contributed by atoms with Crippen LogP contribution in [0.3, 0.4) is 0 Å². The molecule has 1 aliphatic rings. The number of amides is 1. The molecule has 0 saturated carbocycles. The van der Waals surface area contributed by atoms with Crippen molar-refractivity contribution in [1.29, 1.82) is 0 Å². The van der Waals surface area contributed by atoms with Crippen LogP contribution >= 0.6 is 0 Å². The van der Waals surface area contributed by atoms with E-state index in [0.29, 0.717) is 43.4 Å². The maximum atomic E-state index is 12.4. The Bertz CT molecular complexity index is 1060. The SMILES string of the molecule is CC(C)(C)CC(C)(C)c1ccc(OC=CC(=O)Nc2cccc(C(=O)OCCN3CCOCC3)c2)cc1. The zero-order valence-corrected chi connectivity index (χ0v) is 22.7. The van der Waals surface area contributed by atoms with E-state index in [4.69, 9.17) is 14.2 Å². The number of carbonyl (C=O) groups excluding carboxylic acids is 2. The van der Waals surface area contributed by atoms with Crippen molar-refractivity contribution in [2.75, 3.05) is 44.8 Å². The summed E-state index contributed by atoms with van der Waals surface area (Å²) in [5.41, 5.74) is 2.42. The number of rotatable bonds is 10. The van der Waals surface area contributed by atoms with Crippen LogP contribution in [0, 0.1) is 5.41 Å². The fourth-order valence-corrected chi connectivity index (χ4v) is 4.67. The highest BCUT2D eigenvalue weighted by atomic mass is 16.5. The first kappa shape index (κ1) is 28.4. The van der Waals surface area contributed by atoms with Gasteiger partial charge in [0.1, 0.15) is 12.4 Å². The Morgan fingerprint density at radius 2 is 1.73 bits per heavy atom. The highest BCUT2D eigenvalue weighted by Gasteiger charge is 2.27. The third-order valence-electron chi connectivity index (χ3n) is 6.14. The predicted octanol–water partition coefficient (Wildman–Crippen LogP) is 5.42. The van der Waals surface area contributed by atoms with Crippen LogP contribution in [-0.2, 0) is 19.7 Å². The van der Waals surface area contributed by atoms with Crippen LogP contribution in [0.4, 0.5) is 5.69 Å². The number of carbonyl (C=O) groups is 2. The van der Waals surface area contributed by atoms with Gasteiger partial charge in [-0.2, -0.15) is 0 Å². The lowest BCUT2D eigenvalue weighted by Gasteiger charge is -2.33. The molecule has 1 aliphatic heterocycles. The smallest absolute Gasteiger partial charge is 0.338 e. The second kappa shape index (κ2) is 12.9. The molecule has 1 fully saturated rings. The lowest BCUT2D eigenvalue weighted by Crippen LogP contribution is -2.38. The topological polar surface area (TPSA) is 77.1 Å². The summed E-state index contributed by atoms with van der Waals surface area (Å²) >= 11 is 0. The summed E-state index contributed by atoms with van der Waals surface area (Å²) in [4.78, 5) is 26.9. The highest BCUT2D eigenvalue weighted by molar-refractivity contribution is 6.00. The van der Waals surface area contributed by atoms with Crippen LogP contribution in [0.1, 0.15) is 57.0 Å². The van der Waals surface area contributed by atoms with E-state index in [0.717, 1.165) is 19.5 Å². The van der Waals surface area contributed by atoms with Gasteiger partial charge in [-0.25, -0.2) is 4.79 Å². The molecule has 0 unspecified atom stereocenters. The number of hydrogen-bond acceptors (Lipinski definition) is 6. The average Bonchev–Trinajstić information content (AvgIpc) is 2.84. The molecule has 0 atom stereocenters. The molecular formula is C30H40N2O5. The first-order chi connectivity index (χ1) is 17.5. The zero-order valence-electron chi connectivity index (χ0n) is 22.7. The molecule has 7 nitrogen and oxygen atoms in total. The molecule has 3 rings (SSSR count). The molecule has 2 aromatic carbocycles. The van der Waals surface area contributed by atoms with Crippen LogP contribution in [0.2, 0.25) is 0 Å². The quantitative estimate of drug-likeness (QED) is 0.262. The van der Waals surface area contributed by atoms with Crippen molar-refractivity contribution in [1.82, 2.24) is 4.90 Å². The van der Waals surface area contributed by atoms with Gasteiger partial charge in [0.05, 0.1) is 25.0 Å². The standard InChI is InChI=1S/C30H40N2O5/c1-29(2,3)22-30(4,5)24-9-11-26(12-10-24)36-17-13-27(33)31-25-8-6-7-23(21-25)28(34)37-20-16-32-14-18-35-19-15-32/h6-13,17,21H,14-16,18-20,22H2,1-5H3,(H,31,33). The van der Waals surface area contributed by atoms with Crippen LogP contribution in [-0.4, -0.2) is 56.2 Å². The monoisotopic (exact) mass is 508 g/mol. The van der Waals surface area contributed by atoms with E-state index >= 15 is 0 Å². The molecule has 0 bridgehead atoms. The maximum absolute atomic E-state index is 12.4. The fourth-order valence-electron chi connectivity index (χ4n) is 4.67. The van der Waals surface area contributed by atoms with Gasteiger partial charge in [-0.3, -0.25) is 9.69 Å². The third-order valence-corrected chi connectivity index (χ3v) is 6.14. The first-order valence-corrected chi connectivity index (χ1v) is 12.8. The molecule has 0 aliphatic carbocycles. The molecule has 7 heteroatoms. The molecule has 2 aromatic rings. The third kappa shape index (κ3) is 9.67. The molecule has 200 valence electrons. The molecule has 0 aromatic heterocycles. The van der Waals surface area contributed by atoms with Gasteiger partial charge in [0.25, 0.3) is 5.91 Å². The summed E-state index contributed by atoms with van der Waals surface area (Å²) in [5, 5.41) is 2.75. The van der Waals surface area contributed by atoms with Crippen molar-refractivity contribution in [3.63, 3.8) is 0 Å². The Morgan fingerprint density at radius 1 is 1.03 bits per heavy atom. The molecular weight excluding hydrogens is 468 g/mol. The van der Waals surface area contributed by atoms with Gasteiger partial charge in [0.15, 0.2) is 0 Å². The van der Waals surface area contributed by atoms with Crippen molar-refractivity contribution >= 4 is 17.6 Å². The molecule has 0 spiro atoms. The Kier molecular flexibility index (Phi) is 9.89. The first-order valence-electron chi connectivity index (χ1n) is 12.8. The number of anilines is 1. The summed E-state index contributed by atoms with van der Waals surface area (Å²) in [6.45, 7) is 15.3. The predicted molar refractivity (Wildman–Crippen MR) is 146 cm³/mol. The van der Waals surface area contributed by atoms with Crippen LogP contribution < -0.4 is 10.1 Å². The number of nitrogens with one attached hydrogen (secondary N) is 1. The lowest BCUT2D eigenvalue weighted by molar-refractivity contribution is -0.112. The second-order valence-corrected chi connectivity index (χ2v) is 11.2. The number of nitrogens with zero attached hydrogens (tertiary/aromatic N) is 1. The van der Waals surface area contributed by atoms with Crippen molar-refractivity contribution < 1.29 is 23.8 Å². The molecule has 1 N–H and O–H groups in total. The highest BCUT2D eigenvalue weighted by Crippen LogP contribution is 2.36. The van der Waals surface area contributed by atoms with Crippen molar-refractivity contribution in [3.05, 3.63) is 72.0 Å². The van der Waals surface area contributed by atoms with Crippen molar-refractivity contribution in [3.8, 4) is 5.75 Å². The molecule has 1 saturated heterocycles. The molecule has 37 heavy (non-hydrogen) atoms. The van der Waals surface area contributed by atoms with E-state index < -0.39 is 5.97 Å². The van der Waals surface area contributed by atoms with E-state index in [2.05, 4.69) is 57.0 Å². The number of hydrogen-bond donors (Lipinski definition) is 1. The molecule has 1 amide bonds. The van der Waals surface area contributed by atoms with Gasteiger partial charge < -0.3 is 19.5 Å². The minimum absolute atomic E-state index is 0.0518. The second-order valence-electron chi connectivity index (χ2n) is 11.2. The Labute approximate surface area is 220 Å². The normalized spacial score (nSPS) is 14.9. The zero-order chi connectivity index (χ0) is 26.9. The largest absolute Gasteiger partial charge is 0.465 e. The van der Waals surface area contributed by atoms with Gasteiger partial charge in [-0.05, 0) is 53.1 Å². The van der Waals surface area contributed by atoms with E-state index in [1.54, 1.807) is 24.3 Å². The maximum Gasteiger partial charge on any atom is 0.338 e. The van der Waals surface area contributed by atoms with Crippen LogP contribution in [0.25, 0.3) is 0 Å². The fraction of sp³-hybridized carbons (Fsp3) is 0.467. The van der Waals surface area contributed by atoms with Crippen LogP contribution in [0.15, 0.2) is 60.9 Å². The Balaban J connectivity index is 1.46. The number of benzene rings is 2. The van der Waals surface area contributed by atoms with Crippen molar-refractivity contribution in [2.24, 2.45) is 5.41 Å². The number of ether oxygens (including phenoxy) is 3. The summed E-state index contributed by atoms with van der Waals surface area (Å²) < 4.78 is 16.3. The summed E-state index contributed by atoms with van der Waals surface area (Å²) in [7, 11) is 0.